The minimum atomic E-state index is -4.02. The van der Waals surface area contributed by atoms with Gasteiger partial charge in [0.1, 0.15) is 5.75 Å². The van der Waals surface area contributed by atoms with Crippen molar-refractivity contribution in [3.8, 4) is 17.0 Å². The molecule has 0 unspecified atom stereocenters. The van der Waals surface area contributed by atoms with E-state index in [2.05, 4.69) is 15.6 Å². The van der Waals surface area contributed by atoms with Crippen LogP contribution in [0.2, 0.25) is 0 Å². The van der Waals surface area contributed by atoms with Crippen LogP contribution < -0.4 is 15.4 Å². The minimum Gasteiger partial charge on any atom is -0.495 e. The molecule has 0 radical (unpaired) electrons. The predicted molar refractivity (Wildman–Crippen MR) is 162 cm³/mol. The van der Waals surface area contributed by atoms with Crippen molar-refractivity contribution in [2.45, 2.75) is 39.1 Å². The van der Waals surface area contributed by atoms with Crippen molar-refractivity contribution in [2.75, 3.05) is 31.3 Å². The molecule has 0 aliphatic rings. The fraction of sp³-hybridized carbons (Fsp3) is 0.267. The van der Waals surface area contributed by atoms with Crippen LogP contribution in [0.4, 0.5) is 10.8 Å². The number of hydrogen-bond acceptors (Lipinski definition) is 7. The zero-order valence-electron chi connectivity index (χ0n) is 23.5. The maximum absolute atomic E-state index is 14.0. The first kappa shape index (κ1) is 29.3. The smallest absolute Gasteiger partial charge is 0.244 e. The van der Waals surface area contributed by atoms with E-state index in [9.17, 15) is 13.2 Å². The number of hydrogen-bond donors (Lipinski definition) is 2. The Morgan fingerprint density at radius 3 is 2.25 bits per heavy atom. The van der Waals surface area contributed by atoms with Crippen LogP contribution in [0.1, 0.15) is 27.8 Å². The largest absolute Gasteiger partial charge is 0.495 e. The van der Waals surface area contributed by atoms with Crippen molar-refractivity contribution in [3.05, 3.63) is 87.8 Å². The molecule has 3 aromatic carbocycles. The van der Waals surface area contributed by atoms with E-state index in [1.165, 1.54) is 22.8 Å². The second kappa shape index (κ2) is 12.2. The Morgan fingerprint density at radius 1 is 0.975 bits per heavy atom. The Labute approximate surface area is 240 Å². The molecule has 2 N–H and O–H groups in total. The van der Waals surface area contributed by atoms with Crippen LogP contribution in [0.3, 0.4) is 0 Å². The number of amides is 1. The lowest BCUT2D eigenvalue weighted by atomic mass is 10.1. The van der Waals surface area contributed by atoms with Crippen molar-refractivity contribution < 1.29 is 17.9 Å². The van der Waals surface area contributed by atoms with Crippen molar-refractivity contribution in [1.82, 2.24) is 9.29 Å². The van der Waals surface area contributed by atoms with Crippen molar-refractivity contribution >= 4 is 38.1 Å². The number of thiazole rings is 1. The third-order valence-electron chi connectivity index (χ3n) is 6.49. The quantitative estimate of drug-likeness (QED) is 0.242. The molecule has 1 aromatic heterocycles. The molecule has 4 aromatic rings. The Hall–Kier alpha value is -3.73. The van der Waals surface area contributed by atoms with E-state index in [1.54, 1.807) is 33.0 Å². The molecule has 0 spiro atoms. The first-order valence-electron chi connectivity index (χ1n) is 12.8. The number of benzene rings is 3. The molecular weight excluding hydrogens is 544 g/mol. The van der Waals surface area contributed by atoms with Gasteiger partial charge in [0.15, 0.2) is 5.13 Å². The normalized spacial score (nSPS) is 11.5. The summed E-state index contributed by atoms with van der Waals surface area (Å²) in [7, 11) is -0.695. The van der Waals surface area contributed by atoms with Gasteiger partial charge in [0.25, 0.3) is 0 Å². The van der Waals surface area contributed by atoms with E-state index >= 15 is 0 Å². The SMILES string of the molecule is CNc1nc(-c2ccc(OC)c(NC(=O)CN(Cc3ccc(C)cc3)S(=O)(=O)c3c(C)cc(C)cc3C)c2)cs1. The van der Waals surface area contributed by atoms with Crippen LogP contribution in [0.15, 0.2) is 64.9 Å². The lowest BCUT2D eigenvalue weighted by Gasteiger charge is -2.24. The van der Waals surface area contributed by atoms with Gasteiger partial charge in [-0.25, -0.2) is 13.4 Å². The van der Waals surface area contributed by atoms with E-state index in [0.717, 1.165) is 33.1 Å². The second-order valence-electron chi connectivity index (χ2n) is 9.74. The third kappa shape index (κ3) is 6.52. The van der Waals surface area contributed by atoms with E-state index in [0.29, 0.717) is 22.6 Å². The van der Waals surface area contributed by atoms with Gasteiger partial charge < -0.3 is 15.4 Å². The second-order valence-corrected chi connectivity index (χ2v) is 12.5. The van der Waals surface area contributed by atoms with Gasteiger partial charge in [-0.3, -0.25) is 4.79 Å². The van der Waals surface area contributed by atoms with Crippen LogP contribution in [-0.2, 0) is 21.4 Å². The Balaban J connectivity index is 1.67. The van der Waals surface area contributed by atoms with Gasteiger partial charge in [0, 0.05) is 24.5 Å². The van der Waals surface area contributed by atoms with E-state index in [1.807, 2.05) is 61.7 Å². The number of carbonyl (C=O) groups excluding carboxylic acids is 1. The summed E-state index contributed by atoms with van der Waals surface area (Å²) >= 11 is 1.47. The van der Waals surface area contributed by atoms with E-state index in [4.69, 9.17) is 4.74 Å². The number of aromatic nitrogens is 1. The number of methoxy groups -OCH3 is 1. The average molecular weight is 579 g/mol. The Kier molecular flexibility index (Phi) is 8.92. The highest BCUT2D eigenvalue weighted by Crippen LogP contribution is 2.33. The predicted octanol–water partition coefficient (Wildman–Crippen LogP) is 5.92. The van der Waals surface area contributed by atoms with Crippen LogP contribution in [-0.4, -0.2) is 44.3 Å². The van der Waals surface area contributed by atoms with Gasteiger partial charge in [-0.2, -0.15) is 4.31 Å². The molecule has 0 fully saturated rings. The summed E-state index contributed by atoms with van der Waals surface area (Å²) in [4.78, 5) is 18.2. The molecule has 210 valence electrons. The summed E-state index contributed by atoms with van der Waals surface area (Å²) in [6.45, 7) is 7.14. The molecule has 0 saturated carbocycles. The first-order chi connectivity index (χ1) is 19.0. The Bertz CT molecular complexity index is 1610. The summed E-state index contributed by atoms with van der Waals surface area (Å²) in [5.41, 5.74) is 6.09. The number of nitrogens with zero attached hydrogens (tertiary/aromatic N) is 2. The number of rotatable bonds is 10. The summed E-state index contributed by atoms with van der Waals surface area (Å²) in [6.07, 6.45) is 0. The summed E-state index contributed by atoms with van der Waals surface area (Å²) < 4.78 is 34.8. The molecule has 1 heterocycles. The molecular formula is C30H34N4O4S2. The van der Waals surface area contributed by atoms with Crippen molar-refractivity contribution in [3.63, 3.8) is 0 Å². The van der Waals surface area contributed by atoms with Gasteiger partial charge >= 0.3 is 0 Å². The first-order valence-corrected chi connectivity index (χ1v) is 15.1. The summed E-state index contributed by atoms with van der Waals surface area (Å²) in [5.74, 6) is -0.0259. The molecule has 0 aliphatic heterocycles. The Morgan fingerprint density at radius 2 is 1.65 bits per heavy atom. The molecule has 4 rings (SSSR count). The van der Waals surface area contributed by atoms with Crippen LogP contribution >= 0.6 is 11.3 Å². The molecule has 0 saturated heterocycles. The summed E-state index contributed by atoms with van der Waals surface area (Å²) in [5, 5.41) is 8.58. The molecule has 10 heteroatoms. The zero-order valence-corrected chi connectivity index (χ0v) is 25.2. The van der Waals surface area contributed by atoms with Crippen LogP contribution in [0.5, 0.6) is 5.75 Å². The fourth-order valence-electron chi connectivity index (χ4n) is 4.66. The highest BCUT2D eigenvalue weighted by molar-refractivity contribution is 7.89. The number of sulfonamides is 1. The minimum absolute atomic E-state index is 0.0472. The molecule has 1 amide bonds. The van der Waals surface area contributed by atoms with Gasteiger partial charge in [-0.05, 0) is 62.6 Å². The molecule has 40 heavy (non-hydrogen) atoms. The van der Waals surface area contributed by atoms with Crippen LogP contribution in [0.25, 0.3) is 11.3 Å². The molecule has 0 bridgehead atoms. The number of nitrogens with one attached hydrogen (secondary N) is 2. The maximum Gasteiger partial charge on any atom is 0.244 e. The topological polar surface area (TPSA) is 101 Å². The van der Waals surface area contributed by atoms with Crippen molar-refractivity contribution in [1.29, 1.82) is 0 Å². The molecule has 0 atom stereocenters. The lowest BCUT2D eigenvalue weighted by molar-refractivity contribution is -0.116. The fourth-order valence-corrected chi connectivity index (χ4v) is 7.14. The van der Waals surface area contributed by atoms with E-state index < -0.39 is 15.9 Å². The van der Waals surface area contributed by atoms with Gasteiger partial charge in [-0.15, -0.1) is 11.3 Å². The lowest BCUT2D eigenvalue weighted by Crippen LogP contribution is -2.38. The highest BCUT2D eigenvalue weighted by Gasteiger charge is 2.30. The van der Waals surface area contributed by atoms with Gasteiger partial charge in [0.2, 0.25) is 15.9 Å². The average Bonchev–Trinajstić information content (AvgIpc) is 3.38. The van der Waals surface area contributed by atoms with E-state index in [-0.39, 0.29) is 18.0 Å². The van der Waals surface area contributed by atoms with Gasteiger partial charge in [0.05, 0.1) is 29.9 Å². The summed E-state index contributed by atoms with van der Waals surface area (Å²) in [6, 6.07) is 16.7. The number of ether oxygens (including phenoxy) is 1. The van der Waals surface area contributed by atoms with Crippen LogP contribution in [0, 0.1) is 27.7 Å². The zero-order chi connectivity index (χ0) is 29.0. The monoisotopic (exact) mass is 578 g/mol. The van der Waals surface area contributed by atoms with Crippen molar-refractivity contribution in [2.24, 2.45) is 0 Å². The number of aryl methyl sites for hydroxylation is 4. The molecule has 8 nitrogen and oxygen atoms in total. The highest BCUT2D eigenvalue weighted by atomic mass is 32.2. The molecule has 0 aliphatic carbocycles. The van der Waals surface area contributed by atoms with Gasteiger partial charge in [-0.1, -0.05) is 47.5 Å². The standard InChI is InChI=1S/C30H34N4O4S2/c1-19-7-9-23(10-8-19)16-34(40(36,37)29-21(3)13-20(2)14-22(29)4)17-28(35)32-25-15-24(11-12-27(25)38-6)26-18-39-30(31-5)33-26/h7-15,18H,16-17H2,1-6H3,(H,31,33)(H,32,35). The maximum atomic E-state index is 14.0. The third-order valence-corrected chi connectivity index (χ3v) is 9.45. The number of carbonyl (C=O) groups is 1. The number of anilines is 2.